The molecule has 1 unspecified atom stereocenters. The Hall–Kier alpha value is -3.17. The van der Waals surface area contributed by atoms with Crippen molar-refractivity contribution in [1.29, 1.82) is 0 Å². The van der Waals surface area contributed by atoms with Crippen molar-refractivity contribution >= 4 is 41.0 Å². The Morgan fingerprint density at radius 2 is 1.93 bits per heavy atom. The van der Waals surface area contributed by atoms with Crippen molar-refractivity contribution in [3.63, 3.8) is 0 Å². The van der Waals surface area contributed by atoms with E-state index >= 15 is 0 Å². The second kappa shape index (κ2) is 7.69. The number of benzene rings is 2. The van der Waals surface area contributed by atoms with Crippen LogP contribution in [-0.2, 0) is 4.79 Å². The molecule has 0 radical (unpaired) electrons. The standard InChI is InChI=1S/C20H19FN6OS/c1-26-16-11-23-20(24-14-6-8-15(29-22)9-7-14)25-18(16)27(2)17(19(26)28)12-4-3-5-13(21)10-12/h3-11,17H,22H2,1-2H3,(H,23,24,25). The average molecular weight is 410 g/mol. The molecule has 2 aromatic carbocycles. The Bertz CT molecular complexity index is 1060. The van der Waals surface area contributed by atoms with Crippen LogP contribution < -0.4 is 20.3 Å². The second-order valence-electron chi connectivity index (χ2n) is 6.64. The van der Waals surface area contributed by atoms with E-state index in [-0.39, 0.29) is 11.7 Å². The smallest absolute Gasteiger partial charge is 0.254 e. The van der Waals surface area contributed by atoms with E-state index in [2.05, 4.69) is 15.3 Å². The van der Waals surface area contributed by atoms with E-state index in [0.717, 1.165) is 10.6 Å². The van der Waals surface area contributed by atoms with Gasteiger partial charge in [-0.25, -0.2) is 9.37 Å². The highest BCUT2D eigenvalue weighted by Gasteiger charge is 2.37. The maximum Gasteiger partial charge on any atom is 0.254 e. The van der Waals surface area contributed by atoms with E-state index in [9.17, 15) is 9.18 Å². The third kappa shape index (κ3) is 3.62. The molecule has 0 saturated carbocycles. The Balaban J connectivity index is 1.68. The van der Waals surface area contributed by atoms with Crippen LogP contribution in [0.3, 0.4) is 0 Å². The quantitative estimate of drug-likeness (QED) is 0.637. The molecule has 1 aliphatic heterocycles. The summed E-state index contributed by atoms with van der Waals surface area (Å²) in [6.45, 7) is 0. The van der Waals surface area contributed by atoms with Crippen molar-refractivity contribution in [3.8, 4) is 0 Å². The van der Waals surface area contributed by atoms with Gasteiger partial charge in [0.1, 0.15) is 17.5 Å². The first-order chi connectivity index (χ1) is 14.0. The Morgan fingerprint density at radius 1 is 1.17 bits per heavy atom. The van der Waals surface area contributed by atoms with E-state index in [1.807, 2.05) is 24.3 Å². The molecular weight excluding hydrogens is 391 g/mol. The molecule has 9 heteroatoms. The van der Waals surface area contributed by atoms with Crippen LogP contribution >= 0.6 is 11.9 Å². The number of amides is 1. The summed E-state index contributed by atoms with van der Waals surface area (Å²) in [5.74, 6) is 0.406. The highest BCUT2D eigenvalue weighted by molar-refractivity contribution is 7.97. The molecule has 29 heavy (non-hydrogen) atoms. The van der Waals surface area contributed by atoms with Gasteiger partial charge in [-0.3, -0.25) is 9.93 Å². The minimum absolute atomic E-state index is 0.176. The Morgan fingerprint density at radius 3 is 2.62 bits per heavy atom. The van der Waals surface area contributed by atoms with Crippen LogP contribution in [0.4, 0.5) is 27.5 Å². The van der Waals surface area contributed by atoms with E-state index in [1.54, 1.807) is 37.3 Å². The number of fused-ring (bicyclic) bond motifs is 1. The molecule has 1 amide bonds. The van der Waals surface area contributed by atoms with Gasteiger partial charge in [-0.2, -0.15) is 4.98 Å². The van der Waals surface area contributed by atoms with Gasteiger partial charge in [0.25, 0.3) is 5.91 Å². The van der Waals surface area contributed by atoms with Crippen LogP contribution in [0.2, 0.25) is 0 Å². The Kier molecular flexibility index (Phi) is 5.08. The molecule has 0 bridgehead atoms. The molecule has 7 nitrogen and oxygen atoms in total. The fraction of sp³-hybridized carbons (Fsp3) is 0.150. The molecule has 0 spiro atoms. The number of hydrogen-bond donors (Lipinski definition) is 2. The molecule has 1 atom stereocenters. The number of halogens is 1. The van der Waals surface area contributed by atoms with Crippen molar-refractivity contribution < 1.29 is 9.18 Å². The van der Waals surface area contributed by atoms with Crippen LogP contribution in [0.25, 0.3) is 0 Å². The van der Waals surface area contributed by atoms with E-state index in [0.29, 0.717) is 23.0 Å². The summed E-state index contributed by atoms with van der Waals surface area (Å²) >= 11 is 1.17. The van der Waals surface area contributed by atoms with E-state index in [1.165, 1.54) is 29.0 Å². The number of carbonyl (C=O) groups excluding carboxylic acids is 1. The third-order valence-electron chi connectivity index (χ3n) is 4.81. The maximum absolute atomic E-state index is 13.7. The maximum atomic E-state index is 13.7. The van der Waals surface area contributed by atoms with Gasteiger partial charge in [0.05, 0.1) is 6.20 Å². The lowest BCUT2D eigenvalue weighted by atomic mass is 10.0. The number of rotatable bonds is 4. The van der Waals surface area contributed by atoms with Crippen LogP contribution in [0, 0.1) is 5.82 Å². The normalized spacial score (nSPS) is 16.0. The molecule has 3 aromatic rings. The summed E-state index contributed by atoms with van der Waals surface area (Å²) < 4.78 is 13.7. The number of likely N-dealkylation sites (N-methyl/N-ethyl adjacent to an activating group) is 2. The molecule has 0 fully saturated rings. The predicted molar refractivity (Wildman–Crippen MR) is 113 cm³/mol. The van der Waals surface area contributed by atoms with Gasteiger partial charge < -0.3 is 15.1 Å². The first-order valence-corrected chi connectivity index (χ1v) is 9.72. The summed E-state index contributed by atoms with van der Waals surface area (Å²) in [7, 11) is 3.43. The molecule has 1 aromatic heterocycles. The van der Waals surface area contributed by atoms with Gasteiger partial charge in [0, 0.05) is 24.7 Å². The summed E-state index contributed by atoms with van der Waals surface area (Å²) in [5, 5.41) is 8.70. The highest BCUT2D eigenvalue weighted by atomic mass is 32.2. The molecule has 1 aliphatic rings. The fourth-order valence-electron chi connectivity index (χ4n) is 3.30. The van der Waals surface area contributed by atoms with Crippen molar-refractivity contribution in [1.82, 2.24) is 9.97 Å². The number of anilines is 4. The van der Waals surface area contributed by atoms with Gasteiger partial charge in [-0.05, 0) is 53.9 Å². The minimum atomic E-state index is -0.674. The minimum Gasteiger partial charge on any atom is -0.342 e. The lowest BCUT2D eigenvalue weighted by Gasteiger charge is -2.38. The zero-order valence-electron chi connectivity index (χ0n) is 15.8. The number of aromatic nitrogens is 2. The molecule has 0 aliphatic carbocycles. The second-order valence-corrected chi connectivity index (χ2v) is 7.34. The topological polar surface area (TPSA) is 87.4 Å². The lowest BCUT2D eigenvalue weighted by molar-refractivity contribution is -0.120. The average Bonchev–Trinajstić information content (AvgIpc) is 2.73. The van der Waals surface area contributed by atoms with Crippen LogP contribution in [0.15, 0.2) is 59.6 Å². The van der Waals surface area contributed by atoms with E-state index in [4.69, 9.17) is 5.14 Å². The molecule has 4 rings (SSSR count). The number of nitrogens with one attached hydrogen (secondary N) is 1. The third-order valence-corrected chi connectivity index (χ3v) is 5.35. The van der Waals surface area contributed by atoms with Gasteiger partial charge >= 0.3 is 0 Å². The van der Waals surface area contributed by atoms with Crippen molar-refractivity contribution in [2.45, 2.75) is 10.9 Å². The van der Waals surface area contributed by atoms with Gasteiger partial charge in [0.15, 0.2) is 5.82 Å². The van der Waals surface area contributed by atoms with Crippen molar-refractivity contribution in [3.05, 3.63) is 66.1 Å². The first-order valence-electron chi connectivity index (χ1n) is 8.84. The monoisotopic (exact) mass is 410 g/mol. The highest BCUT2D eigenvalue weighted by Crippen LogP contribution is 2.39. The molecular formula is C20H19FN6OS. The Labute approximate surface area is 171 Å². The zero-order chi connectivity index (χ0) is 20.5. The lowest BCUT2D eigenvalue weighted by Crippen LogP contribution is -2.45. The molecule has 2 heterocycles. The first kappa shape index (κ1) is 19.2. The number of carbonyl (C=O) groups is 1. The van der Waals surface area contributed by atoms with Crippen molar-refractivity contribution in [2.24, 2.45) is 5.14 Å². The summed E-state index contributed by atoms with van der Waals surface area (Å²) in [6.07, 6.45) is 1.60. The largest absolute Gasteiger partial charge is 0.342 e. The van der Waals surface area contributed by atoms with Crippen LogP contribution in [0.5, 0.6) is 0 Å². The molecule has 0 saturated heterocycles. The summed E-state index contributed by atoms with van der Waals surface area (Å²) in [6, 6.07) is 12.9. The van der Waals surface area contributed by atoms with Crippen LogP contribution in [-0.4, -0.2) is 30.0 Å². The molecule has 148 valence electrons. The SMILES string of the molecule is CN1C(=O)C(c2cccc(F)c2)N(C)c2nc(Nc3ccc(SN)cc3)ncc21. The molecule has 3 N–H and O–H groups in total. The van der Waals surface area contributed by atoms with E-state index < -0.39 is 6.04 Å². The van der Waals surface area contributed by atoms with Gasteiger partial charge in [-0.1, -0.05) is 12.1 Å². The number of nitrogens with zero attached hydrogens (tertiary/aromatic N) is 4. The predicted octanol–water partition coefficient (Wildman–Crippen LogP) is 3.48. The number of nitrogens with two attached hydrogens (primary N) is 1. The van der Waals surface area contributed by atoms with Crippen LogP contribution in [0.1, 0.15) is 11.6 Å². The summed E-state index contributed by atoms with van der Waals surface area (Å²) in [5.41, 5.74) is 1.97. The number of hydrogen-bond acceptors (Lipinski definition) is 7. The fourth-order valence-corrected chi connectivity index (χ4v) is 3.59. The van der Waals surface area contributed by atoms with Crippen molar-refractivity contribution in [2.75, 3.05) is 29.2 Å². The zero-order valence-corrected chi connectivity index (χ0v) is 16.7. The van der Waals surface area contributed by atoms with Gasteiger partial charge in [-0.15, -0.1) is 0 Å². The summed E-state index contributed by atoms with van der Waals surface area (Å²) in [4.78, 5) is 26.0. The van der Waals surface area contributed by atoms with Gasteiger partial charge in [0.2, 0.25) is 5.95 Å².